The van der Waals surface area contributed by atoms with E-state index >= 15 is 0 Å². The minimum atomic E-state index is -0.304. The number of carbonyl (C=O) groups excluding carboxylic acids is 1. The van der Waals surface area contributed by atoms with E-state index in [1.807, 2.05) is 65.7 Å². The van der Waals surface area contributed by atoms with Crippen molar-refractivity contribution >= 4 is 17.3 Å². The third kappa shape index (κ3) is 2.84. The molecule has 1 amide bonds. The first kappa shape index (κ1) is 14.3. The van der Waals surface area contributed by atoms with Crippen molar-refractivity contribution in [3.8, 4) is 0 Å². The summed E-state index contributed by atoms with van der Waals surface area (Å²) in [5.41, 5.74) is 4.87. The normalized spacial score (nSPS) is 17.2. The number of hydrazone groups is 1. The van der Waals surface area contributed by atoms with Crippen LogP contribution in [0.25, 0.3) is 0 Å². The highest BCUT2D eigenvalue weighted by molar-refractivity contribution is 6.39. The Labute approximate surface area is 129 Å². The maximum absolute atomic E-state index is 12.0. The number of benzene rings is 2. The summed E-state index contributed by atoms with van der Waals surface area (Å²) >= 11 is 0. The molecular weight excluding hydrogens is 278 g/mol. The summed E-state index contributed by atoms with van der Waals surface area (Å²) in [6.07, 6.45) is 0.536. The number of nitrogens with one attached hydrogen (secondary N) is 1. The van der Waals surface area contributed by atoms with Gasteiger partial charge in [0.05, 0.1) is 18.8 Å². The molecule has 5 heteroatoms. The standard InChI is InChI=1S/C17H17N3O2/c1-22-19-17(21)15-12-16(13-8-4-2-5-9-13)20(18-15)14-10-6-3-7-11-14/h2-11,16H,12H2,1H3,(H,19,21)/t16-/m1/s1. The largest absolute Gasteiger partial charge is 0.291 e. The maximum Gasteiger partial charge on any atom is 0.291 e. The second-order valence-corrected chi connectivity index (χ2v) is 4.99. The van der Waals surface area contributed by atoms with E-state index in [-0.39, 0.29) is 11.9 Å². The fraction of sp³-hybridized carbons (Fsp3) is 0.176. The molecule has 0 aromatic heterocycles. The summed E-state index contributed by atoms with van der Waals surface area (Å²) < 4.78 is 0. The maximum atomic E-state index is 12.0. The lowest BCUT2D eigenvalue weighted by Gasteiger charge is -2.23. The molecule has 0 radical (unpaired) electrons. The molecule has 0 spiro atoms. The minimum Gasteiger partial charge on any atom is -0.277 e. The lowest BCUT2D eigenvalue weighted by molar-refractivity contribution is -0.124. The van der Waals surface area contributed by atoms with Gasteiger partial charge in [0, 0.05) is 6.42 Å². The van der Waals surface area contributed by atoms with Gasteiger partial charge >= 0.3 is 0 Å². The summed E-state index contributed by atoms with van der Waals surface area (Å²) in [5.74, 6) is -0.304. The SMILES string of the molecule is CONC(=O)C1=NN(c2ccccc2)[C@@H](c2ccccc2)C1. The van der Waals surface area contributed by atoms with Crippen molar-refractivity contribution in [3.63, 3.8) is 0 Å². The molecule has 1 atom stereocenters. The molecule has 22 heavy (non-hydrogen) atoms. The van der Waals surface area contributed by atoms with Crippen molar-refractivity contribution in [1.82, 2.24) is 5.48 Å². The van der Waals surface area contributed by atoms with Crippen LogP contribution < -0.4 is 10.5 Å². The molecule has 2 aromatic rings. The molecule has 0 fully saturated rings. The third-order valence-electron chi connectivity index (χ3n) is 3.57. The van der Waals surface area contributed by atoms with Crippen LogP contribution >= 0.6 is 0 Å². The van der Waals surface area contributed by atoms with E-state index in [4.69, 9.17) is 4.84 Å². The van der Waals surface area contributed by atoms with Gasteiger partial charge in [0.15, 0.2) is 0 Å². The highest BCUT2D eigenvalue weighted by Gasteiger charge is 2.32. The van der Waals surface area contributed by atoms with Crippen LogP contribution in [0.2, 0.25) is 0 Å². The second kappa shape index (κ2) is 6.41. The average Bonchev–Trinajstić information content (AvgIpc) is 3.02. The summed E-state index contributed by atoms with van der Waals surface area (Å²) in [6, 6.07) is 19.9. The first-order valence-electron chi connectivity index (χ1n) is 7.09. The van der Waals surface area contributed by atoms with E-state index in [0.717, 1.165) is 11.3 Å². The van der Waals surface area contributed by atoms with Crippen molar-refractivity contribution in [2.75, 3.05) is 12.1 Å². The molecule has 0 saturated carbocycles. The zero-order valence-corrected chi connectivity index (χ0v) is 12.3. The van der Waals surface area contributed by atoms with Gasteiger partial charge in [0.25, 0.3) is 5.91 Å². The first-order valence-corrected chi connectivity index (χ1v) is 7.09. The Morgan fingerprint density at radius 2 is 1.77 bits per heavy atom. The Bertz CT molecular complexity index is 671. The molecule has 0 bridgehead atoms. The van der Waals surface area contributed by atoms with Gasteiger partial charge in [-0.1, -0.05) is 48.5 Å². The molecule has 1 heterocycles. The van der Waals surface area contributed by atoms with Crippen LogP contribution in [0.5, 0.6) is 0 Å². The number of hydrogen-bond donors (Lipinski definition) is 1. The van der Waals surface area contributed by atoms with Gasteiger partial charge in [0.2, 0.25) is 0 Å². The lowest BCUT2D eigenvalue weighted by Crippen LogP contribution is -2.29. The molecule has 0 unspecified atom stereocenters. The quantitative estimate of drug-likeness (QED) is 0.882. The van der Waals surface area contributed by atoms with Crippen molar-refractivity contribution in [3.05, 3.63) is 66.2 Å². The molecule has 5 nitrogen and oxygen atoms in total. The highest BCUT2D eigenvalue weighted by atomic mass is 16.6. The highest BCUT2D eigenvalue weighted by Crippen LogP contribution is 2.34. The van der Waals surface area contributed by atoms with Gasteiger partial charge in [-0.3, -0.25) is 14.6 Å². The summed E-state index contributed by atoms with van der Waals surface area (Å²) in [6.45, 7) is 0. The monoisotopic (exact) mass is 295 g/mol. The Kier molecular flexibility index (Phi) is 4.16. The molecule has 1 aliphatic rings. The Morgan fingerprint density at radius 3 is 2.41 bits per heavy atom. The molecule has 1 N–H and O–H groups in total. The zero-order chi connectivity index (χ0) is 15.4. The average molecular weight is 295 g/mol. The van der Waals surface area contributed by atoms with Gasteiger partial charge in [-0.2, -0.15) is 5.10 Å². The molecule has 2 aromatic carbocycles. The second-order valence-electron chi connectivity index (χ2n) is 4.99. The Balaban J connectivity index is 1.94. The number of anilines is 1. The lowest BCUT2D eigenvalue weighted by atomic mass is 10.0. The fourth-order valence-corrected chi connectivity index (χ4v) is 2.55. The van der Waals surface area contributed by atoms with Gasteiger partial charge in [-0.15, -0.1) is 0 Å². The number of hydroxylamine groups is 1. The van der Waals surface area contributed by atoms with Crippen LogP contribution in [0.3, 0.4) is 0 Å². The number of rotatable bonds is 4. The van der Waals surface area contributed by atoms with Crippen molar-refractivity contribution in [2.24, 2.45) is 5.10 Å². The van der Waals surface area contributed by atoms with E-state index in [1.165, 1.54) is 7.11 Å². The Hall–Kier alpha value is -2.66. The molecule has 1 aliphatic heterocycles. The van der Waals surface area contributed by atoms with Crippen molar-refractivity contribution < 1.29 is 9.63 Å². The predicted molar refractivity (Wildman–Crippen MR) is 85.3 cm³/mol. The van der Waals surface area contributed by atoms with Crippen LogP contribution in [0.4, 0.5) is 5.69 Å². The van der Waals surface area contributed by atoms with Crippen molar-refractivity contribution in [1.29, 1.82) is 0 Å². The van der Waals surface area contributed by atoms with Crippen molar-refractivity contribution in [2.45, 2.75) is 12.5 Å². The number of hydrogen-bond acceptors (Lipinski definition) is 4. The smallest absolute Gasteiger partial charge is 0.277 e. The predicted octanol–water partition coefficient (Wildman–Crippen LogP) is 2.67. The molecule has 112 valence electrons. The Morgan fingerprint density at radius 1 is 1.14 bits per heavy atom. The van der Waals surface area contributed by atoms with Crippen LogP contribution in [0.15, 0.2) is 65.8 Å². The van der Waals surface area contributed by atoms with E-state index in [2.05, 4.69) is 10.6 Å². The van der Waals surface area contributed by atoms with Crippen LogP contribution in [0.1, 0.15) is 18.0 Å². The van der Waals surface area contributed by atoms with Gasteiger partial charge in [-0.05, 0) is 17.7 Å². The zero-order valence-electron chi connectivity index (χ0n) is 12.3. The fourth-order valence-electron chi connectivity index (χ4n) is 2.55. The topological polar surface area (TPSA) is 53.9 Å². The van der Waals surface area contributed by atoms with E-state index < -0.39 is 0 Å². The minimum absolute atomic E-state index is 0.00112. The number of nitrogens with zero attached hydrogens (tertiary/aromatic N) is 2. The first-order chi connectivity index (χ1) is 10.8. The van der Waals surface area contributed by atoms with Gasteiger partial charge in [-0.25, -0.2) is 5.48 Å². The molecular formula is C17H17N3O2. The third-order valence-corrected chi connectivity index (χ3v) is 3.57. The molecule has 0 saturated heterocycles. The number of amides is 1. The molecule has 0 aliphatic carbocycles. The summed E-state index contributed by atoms with van der Waals surface area (Å²) in [4.78, 5) is 16.7. The van der Waals surface area contributed by atoms with E-state index in [1.54, 1.807) is 0 Å². The number of carbonyl (C=O) groups is 1. The summed E-state index contributed by atoms with van der Waals surface area (Å²) in [5, 5.41) is 6.38. The van der Waals surface area contributed by atoms with E-state index in [0.29, 0.717) is 12.1 Å². The number of para-hydroxylation sites is 1. The summed E-state index contributed by atoms with van der Waals surface area (Å²) in [7, 11) is 1.41. The van der Waals surface area contributed by atoms with Gasteiger partial charge < -0.3 is 0 Å². The molecule has 3 rings (SSSR count). The van der Waals surface area contributed by atoms with E-state index in [9.17, 15) is 4.79 Å². The van der Waals surface area contributed by atoms with Crippen LogP contribution in [0, 0.1) is 0 Å². The van der Waals surface area contributed by atoms with Crippen LogP contribution in [-0.4, -0.2) is 18.7 Å². The van der Waals surface area contributed by atoms with Gasteiger partial charge in [0.1, 0.15) is 5.71 Å². The van der Waals surface area contributed by atoms with Crippen LogP contribution in [-0.2, 0) is 9.63 Å².